The molecule has 0 saturated carbocycles. The van der Waals surface area contributed by atoms with Crippen molar-refractivity contribution in [2.75, 3.05) is 17.7 Å². The van der Waals surface area contributed by atoms with E-state index in [-0.39, 0.29) is 17.7 Å². The predicted molar refractivity (Wildman–Crippen MR) is 70.5 cm³/mol. The van der Waals surface area contributed by atoms with Crippen LogP contribution < -0.4 is 15.1 Å². The van der Waals surface area contributed by atoms with E-state index in [0.29, 0.717) is 6.42 Å². The van der Waals surface area contributed by atoms with Gasteiger partial charge in [-0.2, -0.15) is 0 Å². The van der Waals surface area contributed by atoms with E-state index in [2.05, 4.69) is 4.72 Å². The Labute approximate surface area is 112 Å². The van der Waals surface area contributed by atoms with Crippen LogP contribution >= 0.6 is 0 Å². The molecule has 19 heavy (non-hydrogen) atoms. The van der Waals surface area contributed by atoms with Gasteiger partial charge in [-0.1, -0.05) is 11.5 Å². The topological polar surface area (TPSA) is 66.5 Å². The summed E-state index contributed by atoms with van der Waals surface area (Å²) in [6, 6.07) is 3.18. The molecule has 1 amide bonds. The summed E-state index contributed by atoms with van der Waals surface area (Å²) >= 11 is 0. The van der Waals surface area contributed by atoms with E-state index in [1.165, 1.54) is 17.0 Å². The molecule has 1 aromatic carbocycles. The maximum Gasteiger partial charge on any atom is 0.245 e. The van der Waals surface area contributed by atoms with Crippen molar-refractivity contribution >= 4 is 34.9 Å². The lowest BCUT2D eigenvalue weighted by Crippen LogP contribution is -2.41. The quantitative estimate of drug-likeness (QED) is 0.744. The number of hydrogen-bond acceptors (Lipinski definition) is 3. The monoisotopic (exact) mass is 282 g/mol. The van der Waals surface area contributed by atoms with Crippen LogP contribution in [0, 0.1) is 5.82 Å². The number of carbonyl (C=O) groups is 1. The number of carbonyl (C=O) groups excluding carboxylic acids is 1. The lowest BCUT2D eigenvalue weighted by Gasteiger charge is -2.18. The Bertz CT molecular complexity index is 620. The Morgan fingerprint density at radius 2 is 2.16 bits per heavy atom. The molecule has 2 rings (SSSR count). The van der Waals surface area contributed by atoms with E-state index >= 15 is 0 Å². The van der Waals surface area contributed by atoms with E-state index in [1.807, 2.05) is 0 Å². The summed E-state index contributed by atoms with van der Waals surface area (Å²) in [6.07, 6.45) is 1.28. The highest BCUT2D eigenvalue weighted by Crippen LogP contribution is 2.24. The smallest absolute Gasteiger partial charge is 0.245 e. The van der Waals surface area contributed by atoms with Crippen molar-refractivity contribution in [2.45, 2.75) is 12.5 Å². The van der Waals surface area contributed by atoms with Crippen molar-refractivity contribution in [3.63, 3.8) is 0 Å². The van der Waals surface area contributed by atoms with E-state index in [0.717, 1.165) is 12.3 Å². The molecule has 1 heterocycles. The summed E-state index contributed by atoms with van der Waals surface area (Å²) in [5.41, 5.74) is 0.371. The molecule has 1 saturated heterocycles. The van der Waals surface area contributed by atoms with Crippen LogP contribution in [-0.2, 0) is 14.8 Å². The molecule has 1 unspecified atom stereocenters. The largest absolute Gasteiger partial charge is 0.308 e. The van der Waals surface area contributed by atoms with Crippen molar-refractivity contribution in [1.29, 1.82) is 0 Å². The van der Waals surface area contributed by atoms with E-state index in [9.17, 15) is 17.6 Å². The fourth-order valence-corrected chi connectivity index (χ4v) is 2.76. The molecule has 100 valence electrons. The van der Waals surface area contributed by atoms with Crippen molar-refractivity contribution in [1.82, 2.24) is 4.72 Å². The Morgan fingerprint density at radius 1 is 1.47 bits per heavy atom. The molecular formula is C11H12BFN2O3S. The third-order valence-electron chi connectivity index (χ3n) is 2.82. The SMILES string of the molecule is [B]c1ccc(N2CCC(NS(C)(=O)=O)C2=O)c(F)c1. The fraction of sp³-hybridized carbons (Fsp3) is 0.364. The van der Waals surface area contributed by atoms with E-state index in [1.54, 1.807) is 0 Å². The molecular weight excluding hydrogens is 270 g/mol. The van der Waals surface area contributed by atoms with Crippen LogP contribution in [0.1, 0.15) is 6.42 Å². The number of rotatable bonds is 3. The number of amides is 1. The average Bonchev–Trinajstić information content (AvgIpc) is 2.59. The first-order chi connectivity index (χ1) is 8.78. The molecule has 0 aromatic heterocycles. The maximum absolute atomic E-state index is 13.7. The maximum atomic E-state index is 13.7. The van der Waals surface area contributed by atoms with Gasteiger partial charge in [0, 0.05) is 6.54 Å². The molecule has 1 aliphatic rings. The number of halogens is 1. The van der Waals surface area contributed by atoms with Gasteiger partial charge in [-0.15, -0.1) is 0 Å². The van der Waals surface area contributed by atoms with Crippen LogP contribution in [0.25, 0.3) is 0 Å². The predicted octanol–water partition coefficient (Wildman–Crippen LogP) is -0.726. The second kappa shape index (κ2) is 4.94. The highest BCUT2D eigenvalue weighted by Gasteiger charge is 2.35. The lowest BCUT2D eigenvalue weighted by atomic mass is 9.96. The highest BCUT2D eigenvalue weighted by atomic mass is 32.2. The minimum Gasteiger partial charge on any atom is -0.308 e. The van der Waals surface area contributed by atoms with Gasteiger partial charge in [0.2, 0.25) is 15.9 Å². The second-order valence-corrected chi connectivity index (χ2v) is 6.21. The number of hydrogen-bond donors (Lipinski definition) is 1. The average molecular weight is 282 g/mol. The molecule has 1 N–H and O–H groups in total. The van der Waals surface area contributed by atoms with Crippen LogP contribution in [-0.4, -0.2) is 41.0 Å². The third kappa shape index (κ3) is 3.13. The molecule has 5 nitrogen and oxygen atoms in total. The van der Waals surface area contributed by atoms with Crippen LogP contribution in [0.3, 0.4) is 0 Å². The van der Waals surface area contributed by atoms with Gasteiger partial charge in [0.05, 0.1) is 11.9 Å². The molecule has 1 aliphatic heterocycles. The van der Waals surface area contributed by atoms with Crippen LogP contribution in [0.15, 0.2) is 18.2 Å². The van der Waals surface area contributed by atoms with Gasteiger partial charge in [-0.25, -0.2) is 17.5 Å². The molecule has 1 aromatic rings. The Balaban J connectivity index is 2.22. The van der Waals surface area contributed by atoms with Crippen molar-refractivity contribution in [3.8, 4) is 0 Å². The first-order valence-corrected chi connectivity index (χ1v) is 7.51. The molecule has 0 spiro atoms. The number of nitrogens with one attached hydrogen (secondary N) is 1. The summed E-state index contributed by atoms with van der Waals surface area (Å²) in [6.45, 7) is 0.257. The van der Waals surface area contributed by atoms with Crippen LogP contribution in [0.2, 0.25) is 0 Å². The van der Waals surface area contributed by atoms with Gasteiger partial charge in [0.1, 0.15) is 19.7 Å². The Hall–Kier alpha value is -1.41. The first kappa shape index (κ1) is 14.0. The fourth-order valence-electron chi connectivity index (χ4n) is 2.03. The highest BCUT2D eigenvalue weighted by molar-refractivity contribution is 7.88. The van der Waals surface area contributed by atoms with Gasteiger partial charge in [0.25, 0.3) is 0 Å². The number of sulfonamides is 1. The first-order valence-electron chi connectivity index (χ1n) is 5.61. The second-order valence-electron chi connectivity index (χ2n) is 4.43. The zero-order valence-corrected chi connectivity index (χ0v) is 11.1. The van der Waals surface area contributed by atoms with Gasteiger partial charge >= 0.3 is 0 Å². The number of nitrogens with zero attached hydrogens (tertiary/aromatic N) is 1. The zero-order chi connectivity index (χ0) is 14.2. The van der Waals surface area contributed by atoms with Crippen LogP contribution in [0.4, 0.5) is 10.1 Å². The summed E-state index contributed by atoms with van der Waals surface area (Å²) in [7, 11) is 1.96. The molecule has 1 fully saturated rings. The Kier molecular flexibility index (Phi) is 3.64. The van der Waals surface area contributed by atoms with Crippen molar-refractivity contribution in [3.05, 3.63) is 24.0 Å². The summed E-state index contributed by atoms with van der Waals surface area (Å²) in [5, 5.41) is 0. The van der Waals surface area contributed by atoms with Crippen molar-refractivity contribution < 1.29 is 17.6 Å². The van der Waals surface area contributed by atoms with E-state index < -0.39 is 27.8 Å². The molecule has 2 radical (unpaired) electrons. The van der Waals surface area contributed by atoms with Crippen molar-refractivity contribution in [2.24, 2.45) is 0 Å². The lowest BCUT2D eigenvalue weighted by molar-refractivity contribution is -0.118. The normalized spacial score (nSPS) is 20.0. The van der Waals surface area contributed by atoms with Gasteiger partial charge in [0.15, 0.2) is 0 Å². The molecule has 0 aliphatic carbocycles. The summed E-state index contributed by atoms with van der Waals surface area (Å²) in [4.78, 5) is 13.2. The standard InChI is InChI=1S/C11H12BFN2O3S/c1-19(17,18)14-9-4-5-15(11(9)16)10-3-2-7(12)6-8(10)13/h2-3,6,9,14H,4-5H2,1H3. The zero-order valence-electron chi connectivity index (χ0n) is 10.3. The Morgan fingerprint density at radius 3 is 2.74 bits per heavy atom. The summed E-state index contributed by atoms with van der Waals surface area (Å²) in [5.74, 6) is -1.07. The minimum absolute atomic E-state index is 0.108. The molecule has 0 bridgehead atoms. The minimum atomic E-state index is -3.47. The molecule has 8 heteroatoms. The van der Waals surface area contributed by atoms with Gasteiger partial charge in [-0.3, -0.25) is 4.79 Å². The molecule has 1 atom stereocenters. The summed E-state index contributed by atoms with van der Waals surface area (Å²) < 4.78 is 38.2. The number of benzene rings is 1. The van der Waals surface area contributed by atoms with Gasteiger partial charge in [-0.05, 0) is 18.6 Å². The third-order valence-corrected chi connectivity index (χ3v) is 3.54. The van der Waals surface area contributed by atoms with Crippen LogP contribution in [0.5, 0.6) is 0 Å². The van der Waals surface area contributed by atoms with Gasteiger partial charge < -0.3 is 4.90 Å². The van der Waals surface area contributed by atoms with E-state index in [4.69, 9.17) is 7.85 Å². The number of anilines is 1.